The highest BCUT2D eigenvalue weighted by atomic mass is 16.5. The summed E-state index contributed by atoms with van der Waals surface area (Å²) in [6.07, 6.45) is 5.37. The number of nitrogens with zero attached hydrogens (tertiary/aromatic N) is 2. The molecule has 2 atom stereocenters. The maximum absolute atomic E-state index is 5.34. The van der Waals surface area contributed by atoms with Gasteiger partial charge in [-0.2, -0.15) is 4.98 Å². The summed E-state index contributed by atoms with van der Waals surface area (Å²) in [4.78, 5) is 4.49. The molecule has 0 spiro atoms. The molecular formula is C14H27N3O. The van der Waals surface area contributed by atoms with Crippen molar-refractivity contribution < 1.29 is 4.52 Å². The van der Waals surface area contributed by atoms with Gasteiger partial charge in [0.2, 0.25) is 5.89 Å². The molecular weight excluding hydrogens is 226 g/mol. The SMILES string of the molecule is CCCNC(CCC)Cc1nc(C(C)CC)no1. The van der Waals surface area contributed by atoms with E-state index in [1.165, 1.54) is 6.42 Å². The van der Waals surface area contributed by atoms with Crippen molar-refractivity contribution in [1.82, 2.24) is 15.5 Å². The average Bonchev–Trinajstić information content (AvgIpc) is 2.83. The van der Waals surface area contributed by atoms with E-state index in [9.17, 15) is 0 Å². The van der Waals surface area contributed by atoms with Gasteiger partial charge in [-0.25, -0.2) is 0 Å². The van der Waals surface area contributed by atoms with Gasteiger partial charge >= 0.3 is 0 Å². The molecule has 1 N–H and O–H groups in total. The third kappa shape index (κ3) is 4.77. The molecule has 1 aromatic rings. The lowest BCUT2D eigenvalue weighted by Gasteiger charge is -2.15. The molecule has 0 amide bonds. The van der Waals surface area contributed by atoms with E-state index in [0.717, 1.165) is 43.9 Å². The van der Waals surface area contributed by atoms with E-state index < -0.39 is 0 Å². The maximum atomic E-state index is 5.34. The fraction of sp³-hybridized carbons (Fsp3) is 0.857. The molecule has 4 heteroatoms. The van der Waals surface area contributed by atoms with Crippen molar-refractivity contribution in [2.45, 2.75) is 71.8 Å². The van der Waals surface area contributed by atoms with Gasteiger partial charge in [-0.15, -0.1) is 0 Å². The number of nitrogens with one attached hydrogen (secondary N) is 1. The molecule has 1 heterocycles. The van der Waals surface area contributed by atoms with E-state index in [1.807, 2.05) is 0 Å². The maximum Gasteiger partial charge on any atom is 0.228 e. The summed E-state index contributed by atoms with van der Waals surface area (Å²) in [5, 5.41) is 7.61. The lowest BCUT2D eigenvalue weighted by Crippen LogP contribution is -2.31. The molecule has 0 saturated heterocycles. The van der Waals surface area contributed by atoms with Crippen LogP contribution in [0.15, 0.2) is 4.52 Å². The van der Waals surface area contributed by atoms with Crippen molar-refractivity contribution in [2.75, 3.05) is 6.54 Å². The van der Waals surface area contributed by atoms with E-state index in [-0.39, 0.29) is 0 Å². The van der Waals surface area contributed by atoms with Gasteiger partial charge in [0.05, 0.1) is 0 Å². The van der Waals surface area contributed by atoms with Crippen LogP contribution in [0.5, 0.6) is 0 Å². The largest absolute Gasteiger partial charge is 0.339 e. The van der Waals surface area contributed by atoms with Crippen LogP contribution in [0.4, 0.5) is 0 Å². The average molecular weight is 253 g/mol. The minimum Gasteiger partial charge on any atom is -0.339 e. The quantitative estimate of drug-likeness (QED) is 0.733. The van der Waals surface area contributed by atoms with E-state index in [4.69, 9.17) is 4.52 Å². The molecule has 2 unspecified atom stereocenters. The van der Waals surface area contributed by atoms with Crippen molar-refractivity contribution in [3.63, 3.8) is 0 Å². The molecule has 0 aromatic carbocycles. The number of aromatic nitrogens is 2. The van der Waals surface area contributed by atoms with Crippen molar-refractivity contribution in [3.8, 4) is 0 Å². The van der Waals surface area contributed by atoms with Crippen LogP contribution in [0.2, 0.25) is 0 Å². The van der Waals surface area contributed by atoms with Gasteiger partial charge in [-0.05, 0) is 25.8 Å². The van der Waals surface area contributed by atoms with Gasteiger partial charge in [-0.3, -0.25) is 0 Å². The molecule has 104 valence electrons. The molecule has 0 saturated carbocycles. The minimum atomic E-state index is 0.385. The Kier molecular flexibility index (Phi) is 6.94. The van der Waals surface area contributed by atoms with Crippen LogP contribution in [0, 0.1) is 0 Å². The first-order chi connectivity index (χ1) is 8.71. The lowest BCUT2D eigenvalue weighted by molar-refractivity contribution is 0.345. The Bertz CT molecular complexity index is 325. The van der Waals surface area contributed by atoms with Crippen molar-refractivity contribution in [1.29, 1.82) is 0 Å². The standard InChI is InChI=1S/C14H27N3O/c1-5-8-12(15-9-6-2)10-13-16-14(17-18-13)11(4)7-3/h11-12,15H,5-10H2,1-4H3. The molecule has 0 aliphatic rings. The van der Waals surface area contributed by atoms with Gasteiger partial charge in [0.1, 0.15) is 0 Å². The molecule has 0 radical (unpaired) electrons. The summed E-state index contributed by atoms with van der Waals surface area (Å²) < 4.78 is 5.34. The van der Waals surface area contributed by atoms with Gasteiger partial charge in [-0.1, -0.05) is 39.3 Å². The predicted octanol–water partition coefficient (Wildman–Crippen LogP) is 3.29. The molecule has 0 fully saturated rings. The monoisotopic (exact) mass is 253 g/mol. The zero-order valence-electron chi connectivity index (χ0n) is 12.2. The van der Waals surface area contributed by atoms with Crippen LogP contribution in [0.25, 0.3) is 0 Å². The third-order valence-electron chi connectivity index (χ3n) is 3.28. The number of rotatable bonds is 9. The Morgan fingerprint density at radius 3 is 2.61 bits per heavy atom. The minimum absolute atomic E-state index is 0.385. The van der Waals surface area contributed by atoms with Crippen LogP contribution in [0.3, 0.4) is 0 Å². The van der Waals surface area contributed by atoms with Gasteiger partial charge < -0.3 is 9.84 Å². The van der Waals surface area contributed by atoms with Crippen molar-refractivity contribution in [2.24, 2.45) is 0 Å². The van der Waals surface area contributed by atoms with Crippen LogP contribution in [0.1, 0.15) is 71.0 Å². The summed E-state index contributed by atoms with van der Waals surface area (Å²) in [7, 11) is 0. The number of hydrogen-bond donors (Lipinski definition) is 1. The molecule has 0 aliphatic heterocycles. The second-order valence-corrected chi connectivity index (χ2v) is 5.00. The number of hydrogen-bond acceptors (Lipinski definition) is 4. The molecule has 4 nitrogen and oxygen atoms in total. The third-order valence-corrected chi connectivity index (χ3v) is 3.28. The van der Waals surface area contributed by atoms with Crippen molar-refractivity contribution in [3.05, 3.63) is 11.7 Å². The molecule has 18 heavy (non-hydrogen) atoms. The molecule has 1 rings (SSSR count). The normalized spacial score (nSPS) is 14.7. The Hall–Kier alpha value is -0.900. The highest BCUT2D eigenvalue weighted by molar-refractivity contribution is 4.94. The molecule has 0 bridgehead atoms. The molecule has 1 aromatic heterocycles. The smallest absolute Gasteiger partial charge is 0.228 e. The first-order valence-electron chi connectivity index (χ1n) is 7.27. The highest BCUT2D eigenvalue weighted by Crippen LogP contribution is 2.15. The van der Waals surface area contributed by atoms with Gasteiger partial charge in [0, 0.05) is 18.4 Å². The lowest BCUT2D eigenvalue weighted by atomic mass is 10.1. The summed E-state index contributed by atoms with van der Waals surface area (Å²) in [5.74, 6) is 2.00. The fourth-order valence-corrected chi connectivity index (χ4v) is 1.92. The van der Waals surface area contributed by atoms with Crippen LogP contribution < -0.4 is 5.32 Å². The van der Waals surface area contributed by atoms with E-state index >= 15 is 0 Å². The zero-order chi connectivity index (χ0) is 13.4. The Morgan fingerprint density at radius 1 is 1.22 bits per heavy atom. The zero-order valence-corrected chi connectivity index (χ0v) is 12.2. The van der Waals surface area contributed by atoms with E-state index in [1.54, 1.807) is 0 Å². The summed E-state index contributed by atoms with van der Waals surface area (Å²) >= 11 is 0. The van der Waals surface area contributed by atoms with E-state index in [2.05, 4.69) is 43.2 Å². The summed E-state index contributed by atoms with van der Waals surface area (Å²) in [6, 6.07) is 0.459. The Balaban J connectivity index is 2.54. The van der Waals surface area contributed by atoms with Gasteiger partial charge in [0.25, 0.3) is 0 Å². The predicted molar refractivity (Wildman–Crippen MR) is 73.7 cm³/mol. The first kappa shape index (κ1) is 15.2. The van der Waals surface area contributed by atoms with Crippen LogP contribution >= 0.6 is 0 Å². The van der Waals surface area contributed by atoms with Crippen LogP contribution in [-0.2, 0) is 6.42 Å². The fourth-order valence-electron chi connectivity index (χ4n) is 1.92. The summed E-state index contributed by atoms with van der Waals surface area (Å²) in [6.45, 7) is 9.72. The Morgan fingerprint density at radius 2 is 2.00 bits per heavy atom. The highest BCUT2D eigenvalue weighted by Gasteiger charge is 2.15. The van der Waals surface area contributed by atoms with Gasteiger partial charge in [0.15, 0.2) is 5.82 Å². The van der Waals surface area contributed by atoms with Crippen molar-refractivity contribution >= 4 is 0 Å². The van der Waals surface area contributed by atoms with E-state index in [0.29, 0.717) is 12.0 Å². The second-order valence-electron chi connectivity index (χ2n) is 5.00. The molecule has 0 aliphatic carbocycles. The Labute approximate surface area is 111 Å². The summed E-state index contributed by atoms with van der Waals surface area (Å²) in [5.41, 5.74) is 0. The van der Waals surface area contributed by atoms with Crippen LogP contribution in [-0.4, -0.2) is 22.7 Å². The topological polar surface area (TPSA) is 51.0 Å². The first-order valence-corrected chi connectivity index (χ1v) is 7.27. The second kappa shape index (κ2) is 8.25.